The van der Waals surface area contributed by atoms with Crippen molar-refractivity contribution in [1.29, 1.82) is 0 Å². The van der Waals surface area contributed by atoms with Gasteiger partial charge in [-0.05, 0) is 42.0 Å². The number of benzene rings is 2. The van der Waals surface area contributed by atoms with Crippen molar-refractivity contribution in [1.82, 2.24) is 9.71 Å². The van der Waals surface area contributed by atoms with Crippen molar-refractivity contribution in [2.24, 2.45) is 5.10 Å². The van der Waals surface area contributed by atoms with Crippen LogP contribution in [-0.4, -0.2) is 28.2 Å². The van der Waals surface area contributed by atoms with Gasteiger partial charge in [0, 0.05) is 0 Å². The molecule has 0 atom stereocenters. The van der Waals surface area contributed by atoms with E-state index in [-0.39, 0.29) is 5.95 Å². The molecular weight excluding hydrogens is 296 g/mol. The topological polar surface area (TPSA) is 88.7 Å². The highest BCUT2D eigenvalue weighted by atomic mass is 16.5. The molecule has 0 fully saturated rings. The zero-order chi connectivity index (χ0) is 16.2. The summed E-state index contributed by atoms with van der Waals surface area (Å²) in [6, 6.07) is 14.0. The van der Waals surface area contributed by atoms with Gasteiger partial charge in [0.1, 0.15) is 5.75 Å². The highest BCUT2D eigenvalue weighted by molar-refractivity contribution is 5.81. The number of nitrogens with one attached hydrogen (secondary N) is 1. The van der Waals surface area contributed by atoms with E-state index in [0.29, 0.717) is 15.6 Å². The SMILES string of the molecule is COc1ccc(/C=N/Nc2nc3ccccc3c(=O)n2O)cc1. The number of aromatic nitrogens is 2. The smallest absolute Gasteiger partial charge is 0.295 e. The predicted molar refractivity (Wildman–Crippen MR) is 87.4 cm³/mol. The molecule has 2 N–H and O–H groups in total. The second-order valence-corrected chi connectivity index (χ2v) is 4.71. The number of methoxy groups -OCH3 is 1. The molecule has 0 unspecified atom stereocenters. The summed E-state index contributed by atoms with van der Waals surface area (Å²) in [6.07, 6.45) is 1.54. The van der Waals surface area contributed by atoms with Gasteiger partial charge in [-0.2, -0.15) is 5.10 Å². The quantitative estimate of drug-likeness (QED) is 0.437. The Bertz CT molecular complexity index is 917. The van der Waals surface area contributed by atoms with E-state index in [4.69, 9.17) is 4.74 Å². The number of ether oxygens (including phenoxy) is 1. The lowest BCUT2D eigenvalue weighted by Gasteiger charge is -2.06. The fourth-order valence-corrected chi connectivity index (χ4v) is 2.05. The maximum absolute atomic E-state index is 12.0. The third-order valence-electron chi connectivity index (χ3n) is 3.25. The van der Waals surface area contributed by atoms with Crippen LogP contribution < -0.4 is 15.7 Å². The van der Waals surface area contributed by atoms with Crippen LogP contribution in [0.2, 0.25) is 0 Å². The number of hydrogen-bond acceptors (Lipinski definition) is 6. The van der Waals surface area contributed by atoms with Crippen molar-refractivity contribution < 1.29 is 9.94 Å². The molecule has 0 bridgehead atoms. The maximum Gasteiger partial charge on any atom is 0.295 e. The minimum absolute atomic E-state index is 0.0570. The summed E-state index contributed by atoms with van der Waals surface area (Å²) in [6.45, 7) is 0. The minimum atomic E-state index is -0.558. The van der Waals surface area contributed by atoms with E-state index in [1.54, 1.807) is 49.7 Å². The van der Waals surface area contributed by atoms with Crippen LogP contribution in [0, 0.1) is 0 Å². The van der Waals surface area contributed by atoms with Crippen molar-refractivity contribution in [3.63, 3.8) is 0 Å². The molecule has 2 aromatic carbocycles. The standard InChI is InChI=1S/C16H14N4O3/c1-23-12-8-6-11(7-9-12)10-17-19-16-18-14-5-3-2-4-13(14)15(21)20(16)22/h2-10,22H,1H3,(H,18,19)/b17-10+. The molecule has 116 valence electrons. The molecule has 23 heavy (non-hydrogen) atoms. The van der Waals surface area contributed by atoms with Gasteiger partial charge in [-0.1, -0.05) is 12.1 Å². The van der Waals surface area contributed by atoms with E-state index in [2.05, 4.69) is 15.5 Å². The summed E-state index contributed by atoms with van der Waals surface area (Å²) < 4.78 is 5.51. The Labute approximate surface area is 131 Å². The van der Waals surface area contributed by atoms with Crippen molar-refractivity contribution in [3.8, 4) is 5.75 Å². The Kier molecular flexibility index (Phi) is 3.92. The largest absolute Gasteiger partial charge is 0.497 e. The van der Waals surface area contributed by atoms with Gasteiger partial charge in [0.2, 0.25) is 0 Å². The molecule has 1 heterocycles. The second-order valence-electron chi connectivity index (χ2n) is 4.71. The first-order valence-corrected chi connectivity index (χ1v) is 6.83. The second kappa shape index (κ2) is 6.18. The average molecular weight is 310 g/mol. The number of fused-ring (bicyclic) bond motifs is 1. The van der Waals surface area contributed by atoms with Gasteiger partial charge in [-0.3, -0.25) is 4.79 Å². The van der Waals surface area contributed by atoms with Crippen molar-refractivity contribution in [2.75, 3.05) is 12.5 Å². The van der Waals surface area contributed by atoms with Crippen LogP contribution in [0.1, 0.15) is 5.56 Å². The number of para-hydroxylation sites is 1. The number of hydrogen-bond donors (Lipinski definition) is 2. The molecule has 0 aliphatic carbocycles. The molecule has 3 rings (SSSR count). The molecule has 0 aliphatic rings. The van der Waals surface area contributed by atoms with Crippen LogP contribution in [0.5, 0.6) is 5.75 Å². The molecule has 0 saturated heterocycles. The Morgan fingerprint density at radius 3 is 2.70 bits per heavy atom. The van der Waals surface area contributed by atoms with Gasteiger partial charge >= 0.3 is 0 Å². The summed E-state index contributed by atoms with van der Waals surface area (Å²) in [4.78, 5) is 16.2. The molecular formula is C16H14N4O3. The molecule has 3 aromatic rings. The fourth-order valence-electron chi connectivity index (χ4n) is 2.05. The normalized spacial score (nSPS) is 11.0. The third kappa shape index (κ3) is 2.98. The molecule has 7 heteroatoms. The van der Waals surface area contributed by atoms with Gasteiger partial charge < -0.3 is 9.94 Å². The first-order chi connectivity index (χ1) is 11.2. The molecule has 0 aliphatic heterocycles. The Morgan fingerprint density at radius 2 is 1.96 bits per heavy atom. The van der Waals surface area contributed by atoms with Gasteiger partial charge in [0.05, 0.1) is 24.2 Å². The average Bonchev–Trinajstić information content (AvgIpc) is 2.60. The van der Waals surface area contributed by atoms with Crippen LogP contribution in [0.4, 0.5) is 5.95 Å². The minimum Gasteiger partial charge on any atom is -0.497 e. The maximum atomic E-state index is 12.0. The van der Waals surface area contributed by atoms with Crippen LogP contribution in [0.15, 0.2) is 58.4 Å². The first kappa shape index (κ1) is 14.6. The first-order valence-electron chi connectivity index (χ1n) is 6.83. The van der Waals surface area contributed by atoms with E-state index in [9.17, 15) is 10.0 Å². The van der Waals surface area contributed by atoms with Gasteiger partial charge in [0.15, 0.2) is 0 Å². The van der Waals surface area contributed by atoms with E-state index in [0.717, 1.165) is 11.3 Å². The number of anilines is 1. The lowest BCUT2D eigenvalue weighted by atomic mass is 10.2. The lowest BCUT2D eigenvalue weighted by Crippen LogP contribution is -2.22. The Morgan fingerprint density at radius 1 is 1.22 bits per heavy atom. The van der Waals surface area contributed by atoms with Crippen LogP contribution >= 0.6 is 0 Å². The number of rotatable bonds is 4. The van der Waals surface area contributed by atoms with Crippen LogP contribution in [0.25, 0.3) is 10.9 Å². The molecule has 0 spiro atoms. The summed E-state index contributed by atoms with van der Waals surface area (Å²) >= 11 is 0. The zero-order valence-electron chi connectivity index (χ0n) is 12.3. The van der Waals surface area contributed by atoms with E-state index in [1.165, 1.54) is 0 Å². The highest BCUT2D eigenvalue weighted by Crippen LogP contribution is 2.11. The molecule has 1 aromatic heterocycles. The zero-order valence-corrected chi connectivity index (χ0v) is 12.3. The Balaban J connectivity index is 1.85. The number of hydrazone groups is 1. The third-order valence-corrected chi connectivity index (χ3v) is 3.25. The summed E-state index contributed by atoms with van der Waals surface area (Å²) in [5, 5.41) is 14.2. The molecule has 0 amide bonds. The molecule has 0 saturated carbocycles. The van der Waals surface area contributed by atoms with Gasteiger partial charge in [-0.15, -0.1) is 4.73 Å². The van der Waals surface area contributed by atoms with Gasteiger partial charge in [0.25, 0.3) is 11.5 Å². The van der Waals surface area contributed by atoms with Gasteiger partial charge in [-0.25, -0.2) is 10.4 Å². The van der Waals surface area contributed by atoms with E-state index < -0.39 is 5.56 Å². The summed E-state index contributed by atoms with van der Waals surface area (Å²) in [5.74, 6) is 0.689. The van der Waals surface area contributed by atoms with Crippen molar-refractivity contribution in [3.05, 3.63) is 64.4 Å². The summed E-state index contributed by atoms with van der Waals surface area (Å²) in [5.41, 5.74) is 3.31. The fraction of sp³-hybridized carbons (Fsp3) is 0.0625. The summed E-state index contributed by atoms with van der Waals surface area (Å²) in [7, 11) is 1.59. The monoisotopic (exact) mass is 310 g/mol. The van der Waals surface area contributed by atoms with E-state index >= 15 is 0 Å². The highest BCUT2D eigenvalue weighted by Gasteiger charge is 2.08. The number of nitrogens with zero attached hydrogens (tertiary/aromatic N) is 3. The van der Waals surface area contributed by atoms with Crippen molar-refractivity contribution in [2.45, 2.75) is 0 Å². The van der Waals surface area contributed by atoms with Crippen molar-refractivity contribution >= 4 is 23.1 Å². The van der Waals surface area contributed by atoms with Crippen LogP contribution in [0.3, 0.4) is 0 Å². The van der Waals surface area contributed by atoms with E-state index in [1.807, 2.05) is 12.1 Å². The molecule has 7 nitrogen and oxygen atoms in total. The van der Waals surface area contributed by atoms with Crippen LogP contribution in [-0.2, 0) is 0 Å². The molecule has 0 radical (unpaired) electrons. The Hall–Kier alpha value is -3.35. The lowest BCUT2D eigenvalue weighted by molar-refractivity contribution is 0.179. The predicted octanol–water partition coefficient (Wildman–Crippen LogP) is 2.09.